The molecule has 0 unspecified atom stereocenters. The molecular weight excluding hydrogens is 991 g/mol. The van der Waals surface area contributed by atoms with Crippen LogP contribution in [0.4, 0.5) is 0 Å². The van der Waals surface area contributed by atoms with Crippen molar-refractivity contribution >= 4 is 70.0 Å². The fourth-order valence-corrected chi connectivity index (χ4v) is 9.39. The van der Waals surface area contributed by atoms with E-state index < -0.39 is 102 Å². The van der Waals surface area contributed by atoms with Crippen LogP contribution in [0.15, 0.2) is 96.1 Å². The second-order valence-electron chi connectivity index (χ2n) is 19.4. The van der Waals surface area contributed by atoms with Gasteiger partial charge in [0.15, 0.2) is 5.96 Å². The zero-order chi connectivity index (χ0) is 55.4. The van der Waals surface area contributed by atoms with E-state index in [-0.39, 0.29) is 89.8 Å². The number of benzene rings is 3. The van der Waals surface area contributed by atoms with Crippen LogP contribution in [0.5, 0.6) is 0 Å². The number of primary amides is 1. The van der Waals surface area contributed by atoms with Gasteiger partial charge < -0.3 is 69.4 Å². The third-order valence-corrected chi connectivity index (χ3v) is 13.5. The Bertz CT molecular complexity index is 2730. The summed E-state index contributed by atoms with van der Waals surface area (Å²) in [6.45, 7) is 1.45. The Morgan fingerprint density at radius 3 is 2.10 bits per heavy atom. The van der Waals surface area contributed by atoms with Crippen molar-refractivity contribution in [2.24, 2.45) is 22.2 Å². The molecule has 3 heterocycles. The molecule has 3 aromatic carbocycles. The number of aliphatic hydroxyl groups is 1. The molecule has 2 saturated heterocycles. The quantitative estimate of drug-likeness (QED) is 0.0392. The van der Waals surface area contributed by atoms with Crippen molar-refractivity contribution in [2.75, 3.05) is 19.6 Å². The first-order chi connectivity index (χ1) is 37.0. The molecule has 0 bridgehead atoms. The highest BCUT2D eigenvalue weighted by molar-refractivity contribution is 5.98. The van der Waals surface area contributed by atoms with Gasteiger partial charge in [-0.05, 0) is 61.3 Å². The van der Waals surface area contributed by atoms with Crippen LogP contribution in [-0.2, 0) is 62.4 Å². The number of H-pyrrole nitrogens is 1. The Labute approximate surface area is 446 Å². The van der Waals surface area contributed by atoms with E-state index in [2.05, 4.69) is 47.2 Å². The van der Waals surface area contributed by atoms with Crippen molar-refractivity contribution in [1.29, 1.82) is 0 Å². The second kappa shape index (κ2) is 28.5. The van der Waals surface area contributed by atoms with Crippen molar-refractivity contribution in [3.63, 3.8) is 0 Å². The summed E-state index contributed by atoms with van der Waals surface area (Å²) >= 11 is 0. The zero-order valence-corrected chi connectivity index (χ0v) is 43.1. The topological polar surface area (TPSA) is 368 Å². The molecule has 0 saturated carbocycles. The minimum Gasteiger partial charge on any atom is -0.391 e. The number of aromatic nitrogens is 1. The highest BCUT2D eigenvalue weighted by Gasteiger charge is 2.43. The highest BCUT2D eigenvalue weighted by Crippen LogP contribution is 2.23. The van der Waals surface area contributed by atoms with Gasteiger partial charge in [0.2, 0.25) is 53.2 Å². The van der Waals surface area contributed by atoms with Crippen molar-refractivity contribution in [3.8, 4) is 0 Å². The number of nitrogens with two attached hydrogens (primary N) is 3. The number of fused-ring (bicyclic) bond motifs is 2. The monoisotopic (exact) mass is 1060 g/mol. The third kappa shape index (κ3) is 17.4. The summed E-state index contributed by atoms with van der Waals surface area (Å²) in [5, 5.41) is 31.1. The lowest BCUT2D eigenvalue weighted by molar-refractivity contribution is -0.143. The fourth-order valence-electron chi connectivity index (χ4n) is 9.39. The van der Waals surface area contributed by atoms with Crippen LogP contribution in [0.1, 0.15) is 81.4 Å². The maximum Gasteiger partial charge on any atom is 0.245 e. The predicted molar refractivity (Wildman–Crippen MR) is 285 cm³/mol. The first-order valence-electron chi connectivity index (χ1n) is 26.0. The molecule has 9 amide bonds. The number of para-hydroxylation sites is 1. The number of aliphatic imine (C=N–C) groups is 1. The van der Waals surface area contributed by atoms with Crippen molar-refractivity contribution in [1.82, 2.24) is 47.1 Å². The molecule has 2 fully saturated rings. The molecule has 0 spiro atoms. The van der Waals surface area contributed by atoms with E-state index >= 15 is 0 Å². The molecule has 0 radical (unpaired) electrons. The smallest absolute Gasteiger partial charge is 0.245 e. The first kappa shape index (κ1) is 57.9. The molecule has 15 N–H and O–H groups in total. The number of hydrogen-bond donors (Lipinski definition) is 12. The van der Waals surface area contributed by atoms with Crippen molar-refractivity contribution in [2.45, 2.75) is 132 Å². The number of amides is 9. The molecule has 6 rings (SSSR count). The van der Waals surface area contributed by atoms with Gasteiger partial charge in [-0.1, -0.05) is 85.8 Å². The first-order valence-corrected chi connectivity index (χ1v) is 26.0. The maximum atomic E-state index is 14.8. The molecule has 8 atom stereocenters. The summed E-state index contributed by atoms with van der Waals surface area (Å²) in [7, 11) is 0. The van der Waals surface area contributed by atoms with E-state index in [0.717, 1.165) is 15.8 Å². The molecule has 412 valence electrons. The number of carbonyl (C=O) groups excluding carboxylic acids is 9. The third-order valence-electron chi connectivity index (χ3n) is 13.5. The highest BCUT2D eigenvalue weighted by atomic mass is 16.3. The Balaban J connectivity index is 1.35. The molecule has 2 aliphatic heterocycles. The molecule has 77 heavy (non-hydrogen) atoms. The van der Waals surface area contributed by atoms with Crippen molar-refractivity contribution in [3.05, 3.63) is 108 Å². The number of hydrogen-bond acceptors (Lipinski definition) is 11. The van der Waals surface area contributed by atoms with Gasteiger partial charge >= 0.3 is 0 Å². The lowest BCUT2D eigenvalue weighted by Gasteiger charge is -2.31. The predicted octanol–water partition coefficient (Wildman–Crippen LogP) is -0.904. The Morgan fingerprint density at radius 1 is 0.766 bits per heavy atom. The number of carbonyl (C=O) groups is 9. The normalized spacial score (nSPS) is 22.9. The van der Waals surface area contributed by atoms with Gasteiger partial charge in [0, 0.05) is 75.3 Å². The number of aliphatic hydroxyl groups excluding tert-OH is 1. The molecule has 2 aliphatic rings. The maximum absolute atomic E-state index is 14.8. The summed E-state index contributed by atoms with van der Waals surface area (Å²) in [6.07, 6.45) is 0.434. The van der Waals surface area contributed by atoms with Gasteiger partial charge in [-0.2, -0.15) is 0 Å². The number of guanidine groups is 1. The lowest BCUT2D eigenvalue weighted by Crippen LogP contribution is -2.60. The summed E-state index contributed by atoms with van der Waals surface area (Å²) in [4.78, 5) is 134. The Morgan fingerprint density at radius 2 is 1.40 bits per heavy atom. The van der Waals surface area contributed by atoms with E-state index in [1.807, 2.05) is 24.3 Å². The van der Waals surface area contributed by atoms with Gasteiger partial charge in [-0.25, -0.2) is 0 Å². The van der Waals surface area contributed by atoms with E-state index in [0.29, 0.717) is 29.5 Å². The summed E-state index contributed by atoms with van der Waals surface area (Å²) in [6, 6.07) is 15.7. The summed E-state index contributed by atoms with van der Waals surface area (Å²) < 4.78 is 0. The van der Waals surface area contributed by atoms with Crippen LogP contribution >= 0.6 is 0 Å². The van der Waals surface area contributed by atoms with Gasteiger partial charge in [0.05, 0.1) is 6.10 Å². The molecule has 0 aliphatic carbocycles. The Kier molecular flexibility index (Phi) is 21.5. The minimum absolute atomic E-state index is 0.0548. The van der Waals surface area contributed by atoms with Gasteiger partial charge in [-0.15, -0.1) is 0 Å². The summed E-state index contributed by atoms with van der Waals surface area (Å²) in [5.74, 6) is -6.71. The number of nitrogens with one attached hydrogen (secondary N) is 8. The fraction of sp³-hybridized carbons (Fsp3) is 0.444. The van der Waals surface area contributed by atoms with E-state index in [9.17, 15) is 48.3 Å². The minimum atomic E-state index is -1.45. The molecule has 1 aromatic heterocycles. The van der Waals surface area contributed by atoms with Crippen molar-refractivity contribution < 1.29 is 48.3 Å². The van der Waals surface area contributed by atoms with Gasteiger partial charge in [0.1, 0.15) is 42.3 Å². The largest absolute Gasteiger partial charge is 0.391 e. The average Bonchev–Trinajstić information content (AvgIpc) is 4.02. The van der Waals surface area contributed by atoms with E-state index in [4.69, 9.17) is 17.2 Å². The van der Waals surface area contributed by atoms with Crippen LogP contribution in [0.2, 0.25) is 0 Å². The number of nitrogens with zero attached hydrogens (tertiary/aromatic N) is 2. The van der Waals surface area contributed by atoms with E-state index in [1.54, 1.807) is 73.8 Å². The Hall–Kier alpha value is -8.34. The average molecular weight is 1060 g/mol. The van der Waals surface area contributed by atoms with Crippen LogP contribution in [0, 0.1) is 0 Å². The number of aromatic amines is 1. The van der Waals surface area contributed by atoms with E-state index in [1.165, 1.54) is 0 Å². The van der Waals surface area contributed by atoms with Crippen LogP contribution in [0.25, 0.3) is 10.9 Å². The molecule has 23 heteroatoms. The van der Waals surface area contributed by atoms with Crippen LogP contribution in [-0.4, -0.2) is 142 Å². The van der Waals surface area contributed by atoms with Gasteiger partial charge in [0.25, 0.3) is 0 Å². The number of rotatable bonds is 15. The van der Waals surface area contributed by atoms with Crippen LogP contribution < -0.4 is 54.4 Å². The zero-order valence-electron chi connectivity index (χ0n) is 43.1. The molecule has 4 aromatic rings. The molecular formula is C54H71N13O10. The van der Waals surface area contributed by atoms with Crippen LogP contribution in [0.3, 0.4) is 0 Å². The second-order valence-corrected chi connectivity index (χ2v) is 19.4. The lowest BCUT2D eigenvalue weighted by atomic mass is 10.0. The molecule has 23 nitrogen and oxygen atoms in total. The summed E-state index contributed by atoms with van der Waals surface area (Å²) in [5.41, 5.74) is 19.7. The SMILES string of the molecule is CCC(=O)N[C@@H](Cc1ccccc1)C(=O)N[C@H]1CCC(=O)NCCCC[C@@H](C(N)=O)NC(=O)[C@H](Cc2c[nH]c3ccccc23)NC(=O)[C@H](CCCN=C(N)N)NC(=O)[C@@H](Cc2ccccc2)NC(=O)[C@@H]2C[C@@H](O)CN2C1=O. The standard InChI is InChI=1S/C54H71N13O10/c1-2-45(69)61-41(26-32-14-5-3-6-15-32)49(73)64-40-22-23-46(70)58-24-12-11-20-38(47(55)71)62-51(75)43(28-34-30-60-37-19-10-9-18-36(34)37)65-48(72)39(21-13-25-59-54(56)57)63-50(74)42(27-33-16-7-4-8-17-33)66-52(76)44-29-35(68)31-67(44)53(40)77/h3-10,14-19,30,35,38-44,60,68H,2,11-13,20-29,31H2,1H3,(H2,55,71)(H,58,70)(H,61,69)(H,62,75)(H,63,74)(H,64,73)(H,65,72)(H,66,76)(H4,56,57,59)/t35-,38+,39+,40+,41+,42-,43+,44+/m1/s1. The van der Waals surface area contributed by atoms with Gasteiger partial charge in [-0.3, -0.25) is 48.1 Å².